The molecule has 2 atom stereocenters. The van der Waals surface area contributed by atoms with Gasteiger partial charge in [0.15, 0.2) is 5.58 Å². The molecule has 0 radical (unpaired) electrons. The molecule has 0 aliphatic carbocycles. The number of benzene rings is 1. The van der Waals surface area contributed by atoms with E-state index in [4.69, 9.17) is 13.9 Å². The predicted molar refractivity (Wildman–Crippen MR) is 76.2 cm³/mol. The van der Waals surface area contributed by atoms with Crippen molar-refractivity contribution in [2.75, 3.05) is 26.9 Å². The largest absolute Gasteiger partial charge is 0.497 e. The summed E-state index contributed by atoms with van der Waals surface area (Å²) in [5, 5.41) is 3.50. The maximum absolute atomic E-state index is 5.89. The van der Waals surface area contributed by atoms with Crippen LogP contribution in [-0.4, -0.2) is 37.9 Å². The van der Waals surface area contributed by atoms with Gasteiger partial charge in [0.25, 0.3) is 0 Å². The minimum Gasteiger partial charge on any atom is -0.497 e. The van der Waals surface area contributed by atoms with E-state index in [1.54, 1.807) is 7.11 Å². The lowest BCUT2D eigenvalue weighted by atomic mass is 10.0. The number of nitrogens with zero attached hydrogens (tertiary/aromatic N) is 1. The molecule has 1 aliphatic heterocycles. The molecule has 1 aliphatic rings. The minimum absolute atomic E-state index is 0.181. The summed E-state index contributed by atoms with van der Waals surface area (Å²) in [6.07, 6.45) is 1.11. The molecule has 0 saturated carbocycles. The van der Waals surface area contributed by atoms with E-state index in [9.17, 15) is 0 Å². The van der Waals surface area contributed by atoms with Crippen LogP contribution in [0.25, 0.3) is 11.1 Å². The molecular weight excluding hydrogens is 256 g/mol. The second-order valence-electron chi connectivity index (χ2n) is 5.09. The molecule has 1 aromatic heterocycles. The normalized spacial score (nSPS) is 22.5. The molecule has 3 rings (SSSR count). The lowest BCUT2D eigenvalue weighted by Crippen LogP contribution is -2.34. The fraction of sp³-hybridized carbons (Fsp3) is 0.533. The van der Waals surface area contributed by atoms with Crippen molar-refractivity contribution >= 4 is 11.1 Å². The van der Waals surface area contributed by atoms with Crippen molar-refractivity contribution in [2.45, 2.75) is 25.3 Å². The first-order valence-electron chi connectivity index (χ1n) is 7.07. The Bertz CT molecular complexity index is 582. The Morgan fingerprint density at radius 1 is 1.40 bits per heavy atom. The molecule has 1 saturated heterocycles. The van der Waals surface area contributed by atoms with Crippen molar-refractivity contribution in [2.24, 2.45) is 0 Å². The first-order chi connectivity index (χ1) is 9.81. The van der Waals surface area contributed by atoms with Gasteiger partial charge in [-0.15, -0.1) is 0 Å². The maximum Gasteiger partial charge on any atom is 0.202 e. The standard InChI is InChI=1S/C15H20N2O3/c1-3-6-16-13-9-19-8-11(13)15-17-12-5-4-10(18-2)7-14(12)20-15/h4-5,7,11,13,16H,3,6,8-9H2,1-2H3. The van der Waals surface area contributed by atoms with Crippen LogP contribution in [0.4, 0.5) is 0 Å². The van der Waals surface area contributed by atoms with E-state index in [0.29, 0.717) is 13.2 Å². The summed E-state index contributed by atoms with van der Waals surface area (Å²) in [5.74, 6) is 1.71. The first kappa shape index (κ1) is 13.4. The summed E-state index contributed by atoms with van der Waals surface area (Å²) >= 11 is 0. The van der Waals surface area contributed by atoms with Gasteiger partial charge in [-0.2, -0.15) is 0 Å². The van der Waals surface area contributed by atoms with Crippen LogP contribution in [0.15, 0.2) is 22.6 Å². The average molecular weight is 276 g/mol. The van der Waals surface area contributed by atoms with Crippen LogP contribution in [0.1, 0.15) is 25.2 Å². The van der Waals surface area contributed by atoms with Gasteiger partial charge in [0, 0.05) is 12.1 Å². The van der Waals surface area contributed by atoms with E-state index in [0.717, 1.165) is 35.7 Å². The van der Waals surface area contributed by atoms with Gasteiger partial charge in [-0.05, 0) is 25.1 Å². The summed E-state index contributed by atoms with van der Waals surface area (Å²) in [7, 11) is 1.65. The molecule has 0 amide bonds. The molecule has 0 bridgehead atoms. The highest BCUT2D eigenvalue weighted by Gasteiger charge is 2.33. The Labute approximate surface area is 118 Å². The first-order valence-corrected chi connectivity index (χ1v) is 7.07. The number of methoxy groups -OCH3 is 1. The smallest absolute Gasteiger partial charge is 0.202 e. The van der Waals surface area contributed by atoms with Crippen LogP contribution in [-0.2, 0) is 4.74 Å². The Morgan fingerprint density at radius 3 is 3.10 bits per heavy atom. The summed E-state index contributed by atoms with van der Waals surface area (Å²) < 4.78 is 16.7. The Morgan fingerprint density at radius 2 is 2.30 bits per heavy atom. The number of fused-ring (bicyclic) bond motifs is 1. The number of rotatable bonds is 5. The van der Waals surface area contributed by atoms with Gasteiger partial charge in [-0.1, -0.05) is 6.92 Å². The monoisotopic (exact) mass is 276 g/mol. The summed E-state index contributed by atoms with van der Waals surface area (Å²) in [6, 6.07) is 5.97. The molecule has 1 aromatic carbocycles. The molecular formula is C15H20N2O3. The molecule has 0 spiro atoms. The fourth-order valence-electron chi connectivity index (χ4n) is 2.54. The second-order valence-corrected chi connectivity index (χ2v) is 5.09. The fourth-order valence-corrected chi connectivity index (χ4v) is 2.54. The van der Waals surface area contributed by atoms with Gasteiger partial charge in [0.2, 0.25) is 5.89 Å². The molecule has 5 heteroatoms. The molecule has 2 heterocycles. The van der Waals surface area contributed by atoms with Crippen LogP contribution in [0.3, 0.4) is 0 Å². The zero-order valence-electron chi connectivity index (χ0n) is 11.9. The van der Waals surface area contributed by atoms with Crippen molar-refractivity contribution in [1.29, 1.82) is 0 Å². The highest BCUT2D eigenvalue weighted by molar-refractivity contribution is 5.74. The third kappa shape index (κ3) is 2.51. The second kappa shape index (κ2) is 5.81. The number of hydrogen-bond acceptors (Lipinski definition) is 5. The molecule has 1 N–H and O–H groups in total. The molecule has 2 aromatic rings. The van der Waals surface area contributed by atoms with Crippen LogP contribution in [0, 0.1) is 0 Å². The van der Waals surface area contributed by atoms with Crippen LogP contribution in [0.2, 0.25) is 0 Å². The lowest BCUT2D eigenvalue weighted by molar-refractivity contribution is 0.186. The highest BCUT2D eigenvalue weighted by atomic mass is 16.5. The molecule has 20 heavy (non-hydrogen) atoms. The summed E-state index contributed by atoms with van der Waals surface area (Å²) in [5.41, 5.74) is 1.63. The van der Waals surface area contributed by atoms with Gasteiger partial charge in [-0.25, -0.2) is 4.98 Å². The predicted octanol–water partition coefficient (Wildman–Crippen LogP) is 2.32. The van der Waals surface area contributed by atoms with Crippen LogP contribution in [0.5, 0.6) is 5.75 Å². The van der Waals surface area contributed by atoms with E-state index < -0.39 is 0 Å². The van der Waals surface area contributed by atoms with Crippen molar-refractivity contribution in [3.63, 3.8) is 0 Å². The van der Waals surface area contributed by atoms with Crippen molar-refractivity contribution in [3.8, 4) is 5.75 Å². The van der Waals surface area contributed by atoms with E-state index in [1.807, 2.05) is 18.2 Å². The SMILES string of the molecule is CCCNC1COCC1c1nc2ccc(OC)cc2o1. The Hall–Kier alpha value is -1.59. The van der Waals surface area contributed by atoms with Gasteiger partial charge in [-0.3, -0.25) is 0 Å². The quantitative estimate of drug-likeness (QED) is 0.908. The van der Waals surface area contributed by atoms with E-state index in [-0.39, 0.29) is 12.0 Å². The Kier molecular flexibility index (Phi) is 3.89. The maximum atomic E-state index is 5.89. The van der Waals surface area contributed by atoms with Crippen molar-refractivity contribution in [3.05, 3.63) is 24.1 Å². The van der Waals surface area contributed by atoms with Gasteiger partial charge < -0.3 is 19.2 Å². The summed E-state index contributed by atoms with van der Waals surface area (Å²) in [4.78, 5) is 4.59. The van der Waals surface area contributed by atoms with Crippen molar-refractivity contribution < 1.29 is 13.9 Å². The van der Waals surface area contributed by atoms with Gasteiger partial charge in [0.05, 0.1) is 26.2 Å². The number of oxazole rings is 1. The number of ether oxygens (including phenoxy) is 2. The average Bonchev–Trinajstić information content (AvgIpc) is 3.09. The van der Waals surface area contributed by atoms with Crippen LogP contribution >= 0.6 is 0 Å². The van der Waals surface area contributed by atoms with Gasteiger partial charge >= 0.3 is 0 Å². The molecule has 108 valence electrons. The number of nitrogens with one attached hydrogen (secondary N) is 1. The number of aromatic nitrogens is 1. The van der Waals surface area contributed by atoms with E-state index in [1.165, 1.54) is 0 Å². The highest BCUT2D eigenvalue weighted by Crippen LogP contribution is 2.29. The third-order valence-corrected chi connectivity index (χ3v) is 3.67. The number of hydrogen-bond donors (Lipinski definition) is 1. The topological polar surface area (TPSA) is 56.5 Å². The van der Waals surface area contributed by atoms with Gasteiger partial charge in [0.1, 0.15) is 11.3 Å². The van der Waals surface area contributed by atoms with Crippen molar-refractivity contribution in [1.82, 2.24) is 10.3 Å². The zero-order valence-corrected chi connectivity index (χ0v) is 11.9. The lowest BCUT2D eigenvalue weighted by Gasteiger charge is -2.15. The summed E-state index contributed by atoms with van der Waals surface area (Å²) in [6.45, 7) is 4.51. The zero-order chi connectivity index (χ0) is 13.9. The minimum atomic E-state index is 0.181. The third-order valence-electron chi connectivity index (χ3n) is 3.67. The van der Waals surface area contributed by atoms with E-state index >= 15 is 0 Å². The molecule has 2 unspecified atom stereocenters. The van der Waals surface area contributed by atoms with Crippen LogP contribution < -0.4 is 10.1 Å². The Balaban J connectivity index is 1.85. The molecule has 5 nitrogen and oxygen atoms in total. The van der Waals surface area contributed by atoms with E-state index in [2.05, 4.69) is 17.2 Å². The molecule has 1 fully saturated rings.